The van der Waals surface area contributed by atoms with E-state index in [4.69, 9.17) is 9.15 Å². The van der Waals surface area contributed by atoms with E-state index in [1.165, 1.54) is 4.90 Å². The van der Waals surface area contributed by atoms with Gasteiger partial charge in [0.25, 0.3) is 0 Å². The highest BCUT2D eigenvalue weighted by Crippen LogP contribution is 2.21. The van der Waals surface area contributed by atoms with Gasteiger partial charge in [0.05, 0.1) is 18.7 Å². The predicted molar refractivity (Wildman–Crippen MR) is 84.7 cm³/mol. The van der Waals surface area contributed by atoms with Gasteiger partial charge in [-0.05, 0) is 26.0 Å². The number of hydrogen-bond acceptors (Lipinski definition) is 5. The Morgan fingerprint density at radius 1 is 1.26 bits per heavy atom. The second-order valence-corrected chi connectivity index (χ2v) is 5.12. The van der Waals surface area contributed by atoms with Crippen molar-refractivity contribution in [2.24, 2.45) is 0 Å². The zero-order valence-corrected chi connectivity index (χ0v) is 13.5. The Morgan fingerprint density at radius 2 is 1.96 bits per heavy atom. The smallest absolute Gasteiger partial charge is 0.325 e. The molecular weight excluding hydrogens is 296 g/mol. The molecule has 23 heavy (non-hydrogen) atoms. The summed E-state index contributed by atoms with van der Waals surface area (Å²) >= 11 is 0. The summed E-state index contributed by atoms with van der Waals surface area (Å²) in [5.74, 6) is 0.444. The van der Waals surface area contributed by atoms with Crippen LogP contribution in [0.5, 0.6) is 0 Å². The normalized spacial score (nSPS) is 10.4. The molecule has 0 fully saturated rings. The third-order valence-electron chi connectivity index (χ3n) is 3.33. The Kier molecular flexibility index (Phi) is 5.51. The average Bonchev–Trinajstić information content (AvgIpc) is 2.89. The number of rotatable bonds is 6. The minimum atomic E-state index is -0.426. The van der Waals surface area contributed by atoms with Crippen molar-refractivity contribution in [3.63, 3.8) is 0 Å². The molecule has 1 aromatic heterocycles. The van der Waals surface area contributed by atoms with E-state index in [2.05, 4.69) is 4.98 Å². The number of aryl methyl sites for hydroxylation is 1. The molecule has 0 radical (unpaired) electrons. The van der Waals surface area contributed by atoms with E-state index in [1.54, 1.807) is 20.9 Å². The first-order valence-electron chi connectivity index (χ1n) is 7.42. The number of oxazole rings is 1. The van der Waals surface area contributed by atoms with E-state index >= 15 is 0 Å². The van der Waals surface area contributed by atoms with E-state index < -0.39 is 5.97 Å². The van der Waals surface area contributed by atoms with Gasteiger partial charge in [0.1, 0.15) is 12.3 Å². The van der Waals surface area contributed by atoms with E-state index in [9.17, 15) is 9.59 Å². The number of nitrogens with zero attached hydrogens (tertiary/aromatic N) is 2. The number of ether oxygens (including phenoxy) is 1. The molecule has 0 aliphatic rings. The van der Waals surface area contributed by atoms with Gasteiger partial charge in [0.15, 0.2) is 0 Å². The van der Waals surface area contributed by atoms with Gasteiger partial charge in [-0.2, -0.15) is 0 Å². The van der Waals surface area contributed by atoms with Crippen molar-refractivity contribution in [2.45, 2.75) is 20.3 Å². The first-order chi connectivity index (χ1) is 11.0. The van der Waals surface area contributed by atoms with Gasteiger partial charge in [-0.25, -0.2) is 4.98 Å². The lowest BCUT2D eigenvalue weighted by Gasteiger charge is -2.15. The summed E-state index contributed by atoms with van der Waals surface area (Å²) in [5.41, 5.74) is 1.43. The van der Waals surface area contributed by atoms with Crippen LogP contribution in [0, 0.1) is 6.92 Å². The Morgan fingerprint density at radius 3 is 2.61 bits per heavy atom. The van der Waals surface area contributed by atoms with Crippen LogP contribution in [0.2, 0.25) is 0 Å². The SMILES string of the molecule is CCOC(=O)CN(C)C(=O)Cc1nc(-c2ccccc2)oc1C. The van der Waals surface area contributed by atoms with Crippen LogP contribution < -0.4 is 0 Å². The molecule has 6 heteroatoms. The standard InChI is InChI=1S/C17H20N2O4/c1-4-22-16(21)11-19(3)15(20)10-14-12(2)23-17(18-14)13-8-6-5-7-9-13/h5-9H,4,10-11H2,1-3H3. The summed E-state index contributed by atoms with van der Waals surface area (Å²) < 4.78 is 10.5. The highest BCUT2D eigenvalue weighted by atomic mass is 16.5. The monoisotopic (exact) mass is 316 g/mol. The highest BCUT2D eigenvalue weighted by molar-refractivity contribution is 5.83. The molecule has 1 aromatic carbocycles. The van der Waals surface area contributed by atoms with Crippen LogP contribution in [0.4, 0.5) is 0 Å². The summed E-state index contributed by atoms with van der Waals surface area (Å²) in [6.45, 7) is 3.72. The molecule has 0 unspecified atom stereocenters. The summed E-state index contributed by atoms with van der Waals surface area (Å²) in [6.07, 6.45) is 0.0814. The molecule has 0 atom stereocenters. The highest BCUT2D eigenvalue weighted by Gasteiger charge is 2.18. The molecule has 2 aromatic rings. The molecule has 1 amide bonds. The van der Waals surface area contributed by atoms with Crippen molar-refractivity contribution >= 4 is 11.9 Å². The molecule has 0 N–H and O–H groups in total. The van der Waals surface area contributed by atoms with Gasteiger partial charge in [0.2, 0.25) is 11.8 Å². The minimum absolute atomic E-state index is 0.0743. The third-order valence-corrected chi connectivity index (χ3v) is 3.33. The van der Waals surface area contributed by atoms with Crippen molar-refractivity contribution in [3.05, 3.63) is 41.8 Å². The Labute approximate surface area is 135 Å². The molecule has 122 valence electrons. The van der Waals surface area contributed by atoms with Crippen molar-refractivity contribution in [1.82, 2.24) is 9.88 Å². The minimum Gasteiger partial charge on any atom is -0.465 e. The van der Waals surface area contributed by atoms with E-state index in [1.807, 2.05) is 30.3 Å². The fraction of sp³-hybridized carbons (Fsp3) is 0.353. The van der Waals surface area contributed by atoms with Gasteiger partial charge in [0, 0.05) is 12.6 Å². The molecule has 2 rings (SSSR count). The predicted octanol–water partition coefficient (Wildman–Crippen LogP) is 2.21. The molecular formula is C17H20N2O4. The van der Waals surface area contributed by atoms with E-state index in [0.717, 1.165) is 5.56 Å². The lowest BCUT2D eigenvalue weighted by Crippen LogP contribution is -2.34. The Bertz CT molecular complexity index is 679. The largest absolute Gasteiger partial charge is 0.465 e. The van der Waals surface area contributed by atoms with Gasteiger partial charge in [-0.15, -0.1) is 0 Å². The van der Waals surface area contributed by atoms with Crippen LogP contribution in [0.15, 0.2) is 34.7 Å². The number of likely N-dealkylation sites (N-methyl/N-ethyl adjacent to an activating group) is 1. The first kappa shape index (κ1) is 16.7. The van der Waals surface area contributed by atoms with Crippen molar-refractivity contribution in [2.75, 3.05) is 20.2 Å². The van der Waals surface area contributed by atoms with Gasteiger partial charge in [-0.3, -0.25) is 9.59 Å². The van der Waals surface area contributed by atoms with Crippen LogP contribution in [-0.2, 0) is 20.7 Å². The molecule has 1 heterocycles. The molecule has 0 aliphatic heterocycles. The van der Waals surface area contributed by atoms with Crippen molar-refractivity contribution in [1.29, 1.82) is 0 Å². The summed E-state index contributed by atoms with van der Waals surface area (Å²) in [4.78, 5) is 29.3. The molecule has 0 spiro atoms. The Hall–Kier alpha value is -2.63. The number of aromatic nitrogens is 1. The number of carbonyl (C=O) groups is 2. The maximum atomic E-state index is 12.2. The van der Waals surface area contributed by atoms with Crippen LogP contribution in [0.3, 0.4) is 0 Å². The van der Waals surface area contributed by atoms with Crippen molar-refractivity contribution in [3.8, 4) is 11.5 Å². The quantitative estimate of drug-likeness (QED) is 0.764. The molecule has 6 nitrogen and oxygen atoms in total. The number of hydrogen-bond donors (Lipinski definition) is 0. The first-order valence-corrected chi connectivity index (χ1v) is 7.42. The lowest BCUT2D eigenvalue weighted by molar-refractivity contribution is -0.147. The summed E-state index contributed by atoms with van der Waals surface area (Å²) in [7, 11) is 1.56. The second kappa shape index (κ2) is 7.58. The van der Waals surface area contributed by atoms with Gasteiger partial charge < -0.3 is 14.1 Å². The number of esters is 1. The molecule has 0 bridgehead atoms. The number of carbonyl (C=O) groups excluding carboxylic acids is 2. The maximum absolute atomic E-state index is 12.2. The van der Waals surface area contributed by atoms with Crippen molar-refractivity contribution < 1.29 is 18.7 Å². The topological polar surface area (TPSA) is 72.6 Å². The number of benzene rings is 1. The molecule has 0 saturated carbocycles. The fourth-order valence-corrected chi connectivity index (χ4v) is 2.06. The summed E-state index contributed by atoms with van der Waals surface area (Å²) in [6, 6.07) is 9.49. The van der Waals surface area contributed by atoms with Crippen LogP contribution in [0.1, 0.15) is 18.4 Å². The van der Waals surface area contributed by atoms with Crippen LogP contribution in [0.25, 0.3) is 11.5 Å². The maximum Gasteiger partial charge on any atom is 0.325 e. The molecule has 0 saturated heterocycles. The zero-order valence-electron chi connectivity index (χ0n) is 13.5. The third kappa shape index (κ3) is 4.42. The number of amides is 1. The lowest BCUT2D eigenvalue weighted by atomic mass is 10.2. The van der Waals surface area contributed by atoms with Crippen LogP contribution >= 0.6 is 0 Å². The fourth-order valence-electron chi connectivity index (χ4n) is 2.06. The summed E-state index contributed by atoms with van der Waals surface area (Å²) in [5, 5.41) is 0. The van der Waals surface area contributed by atoms with E-state index in [-0.39, 0.29) is 18.9 Å². The van der Waals surface area contributed by atoms with E-state index in [0.29, 0.717) is 24.0 Å². The second-order valence-electron chi connectivity index (χ2n) is 5.12. The van der Waals surface area contributed by atoms with Gasteiger partial charge in [-0.1, -0.05) is 18.2 Å². The molecule has 0 aliphatic carbocycles. The average molecular weight is 316 g/mol. The van der Waals surface area contributed by atoms with Gasteiger partial charge >= 0.3 is 5.97 Å². The Balaban J connectivity index is 2.04. The van der Waals surface area contributed by atoms with Crippen LogP contribution in [-0.4, -0.2) is 42.0 Å². The zero-order chi connectivity index (χ0) is 16.8.